The number of hydrogen-bond acceptors (Lipinski definition) is 2. The second-order valence-electron chi connectivity index (χ2n) is 2.85. The second kappa shape index (κ2) is 4.16. The summed E-state index contributed by atoms with van der Waals surface area (Å²) in [7, 11) is 0. The molecule has 62 valence electrons. The van der Waals surface area contributed by atoms with Crippen LogP contribution in [-0.4, -0.2) is 12.3 Å². The molecule has 1 N–H and O–H groups in total. The van der Waals surface area contributed by atoms with E-state index in [0.29, 0.717) is 0 Å². The molecule has 1 aliphatic rings. The minimum atomic E-state index is 0.757. The minimum absolute atomic E-state index is 0.757. The molecule has 0 unspecified atom stereocenters. The summed E-state index contributed by atoms with van der Waals surface area (Å²) in [6, 6.07) is 0. The Labute approximate surface area is 67.8 Å². The summed E-state index contributed by atoms with van der Waals surface area (Å²) in [6.45, 7) is 2.92. The van der Waals surface area contributed by atoms with Crippen LogP contribution < -0.4 is 0 Å². The van der Waals surface area contributed by atoms with Crippen LogP contribution in [0, 0.1) is 5.41 Å². The van der Waals surface area contributed by atoms with E-state index in [-0.39, 0.29) is 0 Å². The molecule has 0 aliphatic carbocycles. The van der Waals surface area contributed by atoms with E-state index >= 15 is 0 Å². The zero-order valence-corrected chi connectivity index (χ0v) is 7.02. The number of nitrogens with one attached hydrogen (secondary N) is 1. The molecular formula is C9H15NO. The fraction of sp³-hybridized carbons (Fsp3) is 0.667. The average molecular weight is 153 g/mol. The Hall–Kier alpha value is -0.790. The van der Waals surface area contributed by atoms with Gasteiger partial charge in [0.1, 0.15) is 0 Å². The fourth-order valence-electron chi connectivity index (χ4n) is 1.20. The van der Waals surface area contributed by atoms with Gasteiger partial charge in [0.15, 0.2) is 0 Å². The van der Waals surface area contributed by atoms with Gasteiger partial charge in [-0.05, 0) is 19.3 Å². The highest BCUT2D eigenvalue weighted by Gasteiger charge is 2.08. The molecule has 0 aromatic heterocycles. The third kappa shape index (κ3) is 2.37. The molecule has 2 nitrogen and oxygen atoms in total. The highest BCUT2D eigenvalue weighted by Crippen LogP contribution is 2.14. The SMILES string of the molecule is CCCC(=N)C1=COCCC1. The third-order valence-corrected chi connectivity index (χ3v) is 1.82. The number of allylic oxidation sites excluding steroid dienone is 1. The molecule has 11 heavy (non-hydrogen) atoms. The molecule has 0 saturated carbocycles. The van der Waals surface area contributed by atoms with Crippen molar-refractivity contribution in [3.63, 3.8) is 0 Å². The van der Waals surface area contributed by atoms with Gasteiger partial charge in [0.25, 0.3) is 0 Å². The molecule has 0 aromatic rings. The quantitative estimate of drug-likeness (QED) is 0.621. The Bertz CT molecular complexity index is 172. The Morgan fingerprint density at radius 2 is 2.55 bits per heavy atom. The Morgan fingerprint density at radius 1 is 1.73 bits per heavy atom. The predicted octanol–water partition coefficient (Wildman–Crippen LogP) is 2.50. The Morgan fingerprint density at radius 3 is 3.09 bits per heavy atom. The van der Waals surface area contributed by atoms with E-state index in [9.17, 15) is 0 Å². The maximum Gasteiger partial charge on any atom is 0.0878 e. The van der Waals surface area contributed by atoms with Gasteiger partial charge in [0, 0.05) is 11.3 Å². The molecule has 1 heterocycles. The van der Waals surface area contributed by atoms with Crippen molar-refractivity contribution in [3.8, 4) is 0 Å². The smallest absolute Gasteiger partial charge is 0.0878 e. The lowest BCUT2D eigenvalue weighted by atomic mass is 10.0. The Kier molecular flexibility index (Phi) is 3.14. The third-order valence-electron chi connectivity index (χ3n) is 1.82. The monoisotopic (exact) mass is 153 g/mol. The number of ether oxygens (including phenoxy) is 1. The van der Waals surface area contributed by atoms with Crippen LogP contribution in [0.1, 0.15) is 32.6 Å². The van der Waals surface area contributed by atoms with Crippen molar-refractivity contribution in [2.24, 2.45) is 0 Å². The largest absolute Gasteiger partial charge is 0.501 e. The van der Waals surface area contributed by atoms with E-state index in [0.717, 1.165) is 43.6 Å². The van der Waals surface area contributed by atoms with Gasteiger partial charge in [-0.3, -0.25) is 0 Å². The maximum atomic E-state index is 7.63. The highest BCUT2D eigenvalue weighted by atomic mass is 16.5. The van der Waals surface area contributed by atoms with Gasteiger partial charge in [-0.1, -0.05) is 13.3 Å². The van der Waals surface area contributed by atoms with Crippen molar-refractivity contribution in [3.05, 3.63) is 11.8 Å². The van der Waals surface area contributed by atoms with Crippen molar-refractivity contribution in [1.82, 2.24) is 0 Å². The molecule has 0 atom stereocenters. The van der Waals surface area contributed by atoms with Crippen molar-refractivity contribution < 1.29 is 4.74 Å². The normalized spacial score (nSPS) is 17.0. The van der Waals surface area contributed by atoms with Gasteiger partial charge in [-0.15, -0.1) is 0 Å². The van der Waals surface area contributed by atoms with Gasteiger partial charge < -0.3 is 10.1 Å². The lowest BCUT2D eigenvalue weighted by molar-refractivity contribution is 0.228. The first-order chi connectivity index (χ1) is 5.34. The predicted molar refractivity (Wildman–Crippen MR) is 45.9 cm³/mol. The molecule has 0 radical (unpaired) electrons. The topological polar surface area (TPSA) is 33.1 Å². The van der Waals surface area contributed by atoms with E-state index in [1.165, 1.54) is 0 Å². The van der Waals surface area contributed by atoms with E-state index < -0.39 is 0 Å². The van der Waals surface area contributed by atoms with Crippen LogP contribution in [0.25, 0.3) is 0 Å². The molecule has 0 fully saturated rings. The van der Waals surface area contributed by atoms with Crippen LogP contribution in [0.4, 0.5) is 0 Å². The average Bonchev–Trinajstić information content (AvgIpc) is 2.07. The molecule has 1 aliphatic heterocycles. The maximum absolute atomic E-state index is 7.63. The van der Waals surface area contributed by atoms with Crippen LogP contribution in [0.2, 0.25) is 0 Å². The molecule has 1 rings (SSSR count). The van der Waals surface area contributed by atoms with Gasteiger partial charge in [-0.25, -0.2) is 0 Å². The first kappa shape index (κ1) is 8.31. The summed E-state index contributed by atoms with van der Waals surface area (Å²) in [5.41, 5.74) is 1.85. The molecule has 0 saturated heterocycles. The minimum Gasteiger partial charge on any atom is -0.501 e. The molecule has 2 heteroatoms. The zero-order valence-electron chi connectivity index (χ0n) is 7.02. The summed E-state index contributed by atoms with van der Waals surface area (Å²) in [4.78, 5) is 0. The zero-order chi connectivity index (χ0) is 8.10. The second-order valence-corrected chi connectivity index (χ2v) is 2.85. The first-order valence-corrected chi connectivity index (χ1v) is 4.23. The van der Waals surface area contributed by atoms with Crippen molar-refractivity contribution in [2.45, 2.75) is 32.6 Å². The highest BCUT2D eigenvalue weighted by molar-refractivity contribution is 5.97. The first-order valence-electron chi connectivity index (χ1n) is 4.23. The van der Waals surface area contributed by atoms with Crippen molar-refractivity contribution >= 4 is 5.71 Å². The Balaban J connectivity index is 2.44. The number of hydrogen-bond donors (Lipinski definition) is 1. The van der Waals surface area contributed by atoms with Crippen molar-refractivity contribution in [2.75, 3.05) is 6.61 Å². The molecule has 0 bridgehead atoms. The van der Waals surface area contributed by atoms with E-state index in [2.05, 4.69) is 6.92 Å². The van der Waals surface area contributed by atoms with Crippen LogP contribution in [0.5, 0.6) is 0 Å². The van der Waals surface area contributed by atoms with E-state index in [1.807, 2.05) is 0 Å². The fourth-order valence-corrected chi connectivity index (χ4v) is 1.20. The van der Waals surface area contributed by atoms with Gasteiger partial charge in [-0.2, -0.15) is 0 Å². The van der Waals surface area contributed by atoms with Crippen LogP contribution in [0.3, 0.4) is 0 Å². The van der Waals surface area contributed by atoms with Gasteiger partial charge in [0.05, 0.1) is 12.9 Å². The number of rotatable bonds is 3. The standard InChI is InChI=1S/C9H15NO/c1-2-4-9(10)8-5-3-6-11-7-8/h7,10H,2-6H2,1H3. The summed E-state index contributed by atoms with van der Waals surface area (Å²) in [6.07, 6.45) is 5.78. The lowest BCUT2D eigenvalue weighted by Crippen LogP contribution is -2.07. The van der Waals surface area contributed by atoms with Gasteiger partial charge in [0.2, 0.25) is 0 Å². The molecular weight excluding hydrogens is 138 g/mol. The summed E-state index contributed by atoms with van der Waals surface area (Å²) < 4.78 is 5.15. The molecule has 0 aromatic carbocycles. The lowest BCUT2D eigenvalue weighted by Gasteiger charge is -2.13. The van der Waals surface area contributed by atoms with Crippen LogP contribution >= 0.6 is 0 Å². The van der Waals surface area contributed by atoms with E-state index in [4.69, 9.17) is 10.1 Å². The van der Waals surface area contributed by atoms with Crippen molar-refractivity contribution in [1.29, 1.82) is 5.41 Å². The molecule has 0 spiro atoms. The van der Waals surface area contributed by atoms with Gasteiger partial charge >= 0.3 is 0 Å². The summed E-state index contributed by atoms with van der Waals surface area (Å²) >= 11 is 0. The van der Waals surface area contributed by atoms with Crippen LogP contribution in [0.15, 0.2) is 11.8 Å². The summed E-state index contributed by atoms with van der Waals surface area (Å²) in [5.74, 6) is 0. The van der Waals surface area contributed by atoms with Crippen LogP contribution in [-0.2, 0) is 4.74 Å². The van der Waals surface area contributed by atoms with E-state index in [1.54, 1.807) is 6.26 Å². The summed E-state index contributed by atoms with van der Waals surface area (Å²) in [5, 5.41) is 7.63. The molecule has 0 amide bonds.